The maximum atomic E-state index is 12.2. The first-order valence-electron chi connectivity index (χ1n) is 7.74. The Hall–Kier alpha value is -1.39. The van der Waals surface area contributed by atoms with Gasteiger partial charge in [-0.1, -0.05) is 31.5 Å². The summed E-state index contributed by atoms with van der Waals surface area (Å²) in [6, 6.07) is 8.06. The molecule has 1 saturated heterocycles. The summed E-state index contributed by atoms with van der Waals surface area (Å²) in [5, 5.41) is 3.08. The molecular formula is C17H26N2O2. The Morgan fingerprint density at radius 2 is 1.86 bits per heavy atom. The van der Waals surface area contributed by atoms with Crippen LogP contribution in [0.4, 0.5) is 0 Å². The SMILES string of the molecule is Cc1ccc(C(=O)NCC(C(C)C)N2CCOCC2)cc1. The van der Waals surface area contributed by atoms with E-state index in [1.807, 2.05) is 31.2 Å². The van der Waals surface area contributed by atoms with Crippen molar-refractivity contribution in [1.82, 2.24) is 10.2 Å². The minimum absolute atomic E-state index is 0.00825. The first-order chi connectivity index (χ1) is 10.1. The van der Waals surface area contributed by atoms with Gasteiger partial charge in [0.1, 0.15) is 0 Å². The number of carbonyl (C=O) groups excluding carboxylic acids is 1. The third-order valence-corrected chi connectivity index (χ3v) is 4.07. The molecule has 1 atom stereocenters. The summed E-state index contributed by atoms with van der Waals surface area (Å²) >= 11 is 0. The number of morpholine rings is 1. The van der Waals surface area contributed by atoms with Crippen LogP contribution in [0.1, 0.15) is 29.8 Å². The molecule has 0 bridgehead atoms. The smallest absolute Gasteiger partial charge is 0.251 e. The largest absolute Gasteiger partial charge is 0.379 e. The van der Waals surface area contributed by atoms with Crippen LogP contribution in [0.3, 0.4) is 0 Å². The lowest BCUT2D eigenvalue weighted by Crippen LogP contribution is -2.51. The first kappa shape index (κ1) is 16.0. The Kier molecular flexibility index (Phi) is 5.76. The lowest BCUT2D eigenvalue weighted by Gasteiger charge is -2.36. The van der Waals surface area contributed by atoms with E-state index in [0.717, 1.165) is 31.9 Å². The molecule has 0 radical (unpaired) electrons. The third kappa shape index (κ3) is 4.55. The summed E-state index contributed by atoms with van der Waals surface area (Å²) in [6.45, 7) is 10.6. The standard InChI is InChI=1S/C17H26N2O2/c1-13(2)16(19-8-10-21-11-9-19)12-18-17(20)15-6-4-14(3)5-7-15/h4-7,13,16H,8-12H2,1-3H3,(H,18,20). The molecule has 1 amide bonds. The molecule has 2 rings (SSSR count). The van der Waals surface area contributed by atoms with Gasteiger partial charge < -0.3 is 10.1 Å². The zero-order chi connectivity index (χ0) is 15.2. The van der Waals surface area contributed by atoms with Gasteiger partial charge in [0.25, 0.3) is 5.91 Å². The third-order valence-electron chi connectivity index (χ3n) is 4.07. The van der Waals surface area contributed by atoms with Gasteiger partial charge in [-0.15, -0.1) is 0 Å². The lowest BCUT2D eigenvalue weighted by molar-refractivity contribution is 0.00673. The van der Waals surface area contributed by atoms with Crippen molar-refractivity contribution < 1.29 is 9.53 Å². The molecule has 0 saturated carbocycles. The van der Waals surface area contributed by atoms with Crippen LogP contribution in [-0.4, -0.2) is 49.7 Å². The number of amides is 1. The highest BCUT2D eigenvalue weighted by molar-refractivity contribution is 5.94. The number of ether oxygens (including phenoxy) is 1. The van der Waals surface area contributed by atoms with Crippen molar-refractivity contribution in [2.45, 2.75) is 26.8 Å². The van der Waals surface area contributed by atoms with E-state index < -0.39 is 0 Å². The molecule has 1 fully saturated rings. The van der Waals surface area contributed by atoms with Gasteiger partial charge in [-0.25, -0.2) is 0 Å². The second kappa shape index (κ2) is 7.57. The number of hydrogen-bond donors (Lipinski definition) is 1. The zero-order valence-corrected chi connectivity index (χ0v) is 13.3. The summed E-state index contributed by atoms with van der Waals surface area (Å²) in [5.41, 5.74) is 1.89. The van der Waals surface area contributed by atoms with Crippen molar-refractivity contribution in [2.75, 3.05) is 32.8 Å². The number of nitrogens with zero attached hydrogens (tertiary/aromatic N) is 1. The van der Waals surface area contributed by atoms with Gasteiger partial charge in [-0.2, -0.15) is 0 Å². The normalized spacial score (nSPS) is 17.7. The molecule has 0 aliphatic carbocycles. The van der Waals surface area contributed by atoms with Crippen molar-refractivity contribution in [1.29, 1.82) is 0 Å². The molecule has 1 aliphatic heterocycles. The fourth-order valence-corrected chi connectivity index (χ4v) is 2.70. The van der Waals surface area contributed by atoms with Gasteiger partial charge in [-0.05, 0) is 25.0 Å². The molecule has 1 unspecified atom stereocenters. The fraction of sp³-hybridized carbons (Fsp3) is 0.588. The van der Waals surface area contributed by atoms with Gasteiger partial charge in [0.2, 0.25) is 0 Å². The van der Waals surface area contributed by atoms with Gasteiger partial charge in [0.05, 0.1) is 13.2 Å². The van der Waals surface area contributed by atoms with Crippen molar-refractivity contribution in [2.24, 2.45) is 5.92 Å². The van der Waals surface area contributed by atoms with Gasteiger partial charge in [-0.3, -0.25) is 9.69 Å². The van der Waals surface area contributed by atoms with Gasteiger partial charge in [0.15, 0.2) is 0 Å². The molecule has 1 N–H and O–H groups in total. The van der Waals surface area contributed by atoms with E-state index in [9.17, 15) is 4.79 Å². The predicted molar refractivity (Wildman–Crippen MR) is 84.5 cm³/mol. The van der Waals surface area contributed by atoms with Crippen molar-refractivity contribution in [3.63, 3.8) is 0 Å². The minimum atomic E-state index is 0.00825. The summed E-state index contributed by atoms with van der Waals surface area (Å²) in [5.74, 6) is 0.510. The maximum Gasteiger partial charge on any atom is 0.251 e. The summed E-state index contributed by atoms with van der Waals surface area (Å²) in [6.07, 6.45) is 0. The molecule has 1 heterocycles. The average molecular weight is 290 g/mol. The van der Waals surface area contributed by atoms with Crippen LogP contribution in [0.2, 0.25) is 0 Å². The van der Waals surface area contributed by atoms with E-state index in [1.165, 1.54) is 5.56 Å². The molecule has 1 aliphatic rings. The van der Waals surface area contributed by atoms with Crippen LogP contribution < -0.4 is 5.32 Å². The minimum Gasteiger partial charge on any atom is -0.379 e. The second-order valence-electron chi connectivity index (χ2n) is 6.04. The number of carbonyl (C=O) groups is 1. The molecule has 1 aromatic rings. The Labute approximate surface area is 127 Å². The van der Waals surface area contributed by atoms with Crippen LogP contribution in [-0.2, 0) is 4.74 Å². The monoisotopic (exact) mass is 290 g/mol. The van der Waals surface area contributed by atoms with Crippen LogP contribution >= 0.6 is 0 Å². The molecule has 4 nitrogen and oxygen atoms in total. The highest BCUT2D eigenvalue weighted by Gasteiger charge is 2.24. The summed E-state index contributed by atoms with van der Waals surface area (Å²) in [4.78, 5) is 14.6. The molecule has 21 heavy (non-hydrogen) atoms. The van der Waals surface area contributed by atoms with Crippen molar-refractivity contribution in [3.8, 4) is 0 Å². The number of benzene rings is 1. The van der Waals surface area contributed by atoms with Crippen LogP contribution in [0.5, 0.6) is 0 Å². The molecule has 4 heteroatoms. The van der Waals surface area contributed by atoms with Gasteiger partial charge in [0, 0.05) is 31.2 Å². The average Bonchev–Trinajstić information content (AvgIpc) is 2.48. The van der Waals surface area contributed by atoms with Crippen LogP contribution in [0.25, 0.3) is 0 Å². The van der Waals surface area contributed by atoms with Crippen LogP contribution in [0, 0.1) is 12.8 Å². The fourth-order valence-electron chi connectivity index (χ4n) is 2.70. The number of aryl methyl sites for hydroxylation is 1. The zero-order valence-electron chi connectivity index (χ0n) is 13.3. The molecule has 1 aromatic carbocycles. The number of nitrogens with one attached hydrogen (secondary N) is 1. The highest BCUT2D eigenvalue weighted by atomic mass is 16.5. The topological polar surface area (TPSA) is 41.6 Å². The van der Waals surface area contributed by atoms with E-state index in [0.29, 0.717) is 18.5 Å². The predicted octanol–water partition coefficient (Wildman–Crippen LogP) is 2.08. The van der Waals surface area contributed by atoms with E-state index in [4.69, 9.17) is 4.74 Å². The first-order valence-corrected chi connectivity index (χ1v) is 7.74. The van der Waals surface area contributed by atoms with E-state index in [1.54, 1.807) is 0 Å². The Bertz CT molecular complexity index is 450. The van der Waals surface area contributed by atoms with E-state index in [-0.39, 0.29) is 5.91 Å². The number of rotatable bonds is 5. The Balaban J connectivity index is 1.91. The lowest BCUT2D eigenvalue weighted by atomic mass is 10.0. The van der Waals surface area contributed by atoms with E-state index >= 15 is 0 Å². The van der Waals surface area contributed by atoms with Crippen LogP contribution in [0.15, 0.2) is 24.3 Å². The van der Waals surface area contributed by atoms with Gasteiger partial charge >= 0.3 is 0 Å². The van der Waals surface area contributed by atoms with Crippen molar-refractivity contribution >= 4 is 5.91 Å². The Morgan fingerprint density at radius 3 is 2.43 bits per heavy atom. The molecule has 0 aromatic heterocycles. The second-order valence-corrected chi connectivity index (χ2v) is 6.04. The van der Waals surface area contributed by atoms with E-state index in [2.05, 4.69) is 24.1 Å². The number of hydrogen-bond acceptors (Lipinski definition) is 3. The quantitative estimate of drug-likeness (QED) is 0.903. The molecule has 116 valence electrons. The van der Waals surface area contributed by atoms with Crippen molar-refractivity contribution in [3.05, 3.63) is 35.4 Å². The maximum absolute atomic E-state index is 12.2. The summed E-state index contributed by atoms with van der Waals surface area (Å²) < 4.78 is 5.41. The summed E-state index contributed by atoms with van der Waals surface area (Å²) in [7, 11) is 0. The Morgan fingerprint density at radius 1 is 1.24 bits per heavy atom. The molecule has 0 spiro atoms. The highest BCUT2D eigenvalue weighted by Crippen LogP contribution is 2.12. The molecular weight excluding hydrogens is 264 g/mol.